The lowest BCUT2D eigenvalue weighted by Gasteiger charge is -2.47. The molecule has 0 bridgehead atoms. The molecule has 2 atom stereocenters. The minimum Gasteiger partial charge on any atom is -0.327 e. The molecule has 20 heavy (non-hydrogen) atoms. The Labute approximate surface area is 125 Å². The molecule has 0 spiro atoms. The van der Waals surface area contributed by atoms with Crippen molar-refractivity contribution in [3.63, 3.8) is 0 Å². The Kier molecular flexibility index (Phi) is 5.65. The lowest BCUT2D eigenvalue weighted by Crippen LogP contribution is -2.47. The minimum atomic E-state index is 0.322. The van der Waals surface area contributed by atoms with Crippen molar-refractivity contribution >= 4 is 0 Å². The molecule has 112 valence electrons. The molecule has 0 heterocycles. The van der Waals surface area contributed by atoms with E-state index in [0.29, 0.717) is 11.5 Å². The fourth-order valence-electron chi connectivity index (χ4n) is 4.29. The van der Waals surface area contributed by atoms with Crippen LogP contribution in [0.5, 0.6) is 0 Å². The quantitative estimate of drug-likeness (QED) is 0.780. The highest BCUT2D eigenvalue weighted by Crippen LogP contribution is 2.47. The first-order chi connectivity index (χ1) is 9.69. The molecule has 0 aromatic heterocycles. The van der Waals surface area contributed by atoms with Gasteiger partial charge in [-0.15, -0.1) is 0 Å². The number of nitrogens with two attached hydrogens (primary N) is 1. The molecule has 0 radical (unpaired) electrons. The van der Waals surface area contributed by atoms with E-state index in [9.17, 15) is 0 Å². The van der Waals surface area contributed by atoms with Crippen LogP contribution in [0, 0.1) is 11.3 Å². The molecule has 2 rings (SSSR count). The zero-order valence-electron chi connectivity index (χ0n) is 13.3. The molecular formula is C19H31N. The van der Waals surface area contributed by atoms with Gasteiger partial charge in [-0.1, -0.05) is 62.9 Å². The first kappa shape index (κ1) is 15.6. The smallest absolute Gasteiger partial charge is 0.00697 e. The van der Waals surface area contributed by atoms with Crippen LogP contribution in [0.1, 0.15) is 64.4 Å². The molecule has 1 aromatic carbocycles. The van der Waals surface area contributed by atoms with Crippen molar-refractivity contribution in [3.8, 4) is 0 Å². The Bertz CT molecular complexity index is 376. The fourth-order valence-corrected chi connectivity index (χ4v) is 4.29. The minimum absolute atomic E-state index is 0.322. The van der Waals surface area contributed by atoms with E-state index in [1.807, 2.05) is 0 Å². The summed E-state index contributed by atoms with van der Waals surface area (Å²) in [5.74, 6) is 0.746. The van der Waals surface area contributed by atoms with Gasteiger partial charge in [-0.3, -0.25) is 0 Å². The molecule has 0 saturated heterocycles. The monoisotopic (exact) mass is 273 g/mol. The molecule has 2 N–H and O–H groups in total. The van der Waals surface area contributed by atoms with Gasteiger partial charge in [0.25, 0.3) is 0 Å². The second-order valence-electron chi connectivity index (χ2n) is 6.76. The standard InChI is InChI=1S/C19H31N/c1-3-10-18(15-17-11-6-4-7-12-17)19(16(2)20)13-8-5-9-14-19/h4,6-7,11-12,16,18H,3,5,8-10,13-15,20H2,1-2H3. The summed E-state index contributed by atoms with van der Waals surface area (Å²) in [6, 6.07) is 11.3. The van der Waals surface area contributed by atoms with Gasteiger partial charge in [-0.2, -0.15) is 0 Å². The lowest BCUT2D eigenvalue weighted by atomic mass is 9.59. The van der Waals surface area contributed by atoms with Crippen molar-refractivity contribution < 1.29 is 0 Å². The Morgan fingerprint density at radius 2 is 1.75 bits per heavy atom. The van der Waals surface area contributed by atoms with Crippen molar-refractivity contribution in [2.45, 2.75) is 71.3 Å². The third kappa shape index (κ3) is 3.44. The highest BCUT2D eigenvalue weighted by atomic mass is 14.7. The third-order valence-corrected chi connectivity index (χ3v) is 5.47. The predicted molar refractivity (Wildman–Crippen MR) is 87.7 cm³/mol. The van der Waals surface area contributed by atoms with E-state index in [2.05, 4.69) is 44.2 Å². The van der Waals surface area contributed by atoms with Crippen LogP contribution in [0.4, 0.5) is 0 Å². The van der Waals surface area contributed by atoms with Crippen molar-refractivity contribution in [3.05, 3.63) is 35.9 Å². The normalized spacial score (nSPS) is 21.4. The van der Waals surface area contributed by atoms with Gasteiger partial charge in [0, 0.05) is 6.04 Å². The van der Waals surface area contributed by atoms with E-state index in [-0.39, 0.29) is 0 Å². The Morgan fingerprint density at radius 1 is 1.10 bits per heavy atom. The van der Waals surface area contributed by atoms with Crippen molar-refractivity contribution in [1.82, 2.24) is 0 Å². The second-order valence-corrected chi connectivity index (χ2v) is 6.76. The second kappa shape index (κ2) is 7.26. The van der Waals surface area contributed by atoms with Crippen molar-refractivity contribution in [1.29, 1.82) is 0 Å². The number of rotatable bonds is 6. The van der Waals surface area contributed by atoms with Crippen LogP contribution in [-0.2, 0) is 6.42 Å². The maximum absolute atomic E-state index is 6.49. The van der Waals surface area contributed by atoms with E-state index >= 15 is 0 Å². The van der Waals surface area contributed by atoms with E-state index in [1.165, 1.54) is 56.9 Å². The summed E-state index contributed by atoms with van der Waals surface area (Å²) < 4.78 is 0. The lowest BCUT2D eigenvalue weighted by molar-refractivity contribution is 0.0622. The van der Waals surface area contributed by atoms with E-state index in [4.69, 9.17) is 5.73 Å². The number of benzene rings is 1. The summed E-state index contributed by atoms with van der Waals surface area (Å²) in [7, 11) is 0. The molecule has 0 amide bonds. The summed E-state index contributed by atoms with van der Waals surface area (Å²) in [5, 5.41) is 0. The maximum Gasteiger partial charge on any atom is 0.00697 e. The largest absolute Gasteiger partial charge is 0.327 e. The van der Waals surface area contributed by atoms with E-state index < -0.39 is 0 Å². The Balaban J connectivity index is 2.20. The molecule has 1 saturated carbocycles. The van der Waals surface area contributed by atoms with Gasteiger partial charge in [0.2, 0.25) is 0 Å². The van der Waals surface area contributed by atoms with Crippen molar-refractivity contribution in [2.75, 3.05) is 0 Å². The van der Waals surface area contributed by atoms with Crippen LogP contribution >= 0.6 is 0 Å². The van der Waals surface area contributed by atoms with Crippen LogP contribution in [0.2, 0.25) is 0 Å². The van der Waals surface area contributed by atoms with E-state index in [0.717, 1.165) is 5.92 Å². The van der Waals surface area contributed by atoms with Gasteiger partial charge in [-0.05, 0) is 49.5 Å². The molecule has 1 fully saturated rings. The maximum atomic E-state index is 6.49. The number of hydrogen-bond acceptors (Lipinski definition) is 1. The Hall–Kier alpha value is -0.820. The average Bonchev–Trinajstić information content (AvgIpc) is 2.48. The van der Waals surface area contributed by atoms with Crippen LogP contribution < -0.4 is 5.73 Å². The van der Waals surface area contributed by atoms with Gasteiger partial charge in [0.15, 0.2) is 0 Å². The summed E-state index contributed by atoms with van der Waals surface area (Å²) in [5.41, 5.74) is 8.35. The van der Waals surface area contributed by atoms with Crippen LogP contribution in [0.3, 0.4) is 0 Å². The molecule has 0 aliphatic heterocycles. The van der Waals surface area contributed by atoms with Gasteiger partial charge < -0.3 is 5.73 Å². The van der Waals surface area contributed by atoms with Gasteiger partial charge in [0.05, 0.1) is 0 Å². The number of hydrogen-bond donors (Lipinski definition) is 1. The molecule has 1 aliphatic carbocycles. The zero-order chi connectivity index (χ0) is 14.4. The molecular weight excluding hydrogens is 242 g/mol. The van der Waals surface area contributed by atoms with Crippen LogP contribution in [0.15, 0.2) is 30.3 Å². The zero-order valence-corrected chi connectivity index (χ0v) is 13.3. The molecule has 1 aromatic rings. The van der Waals surface area contributed by atoms with Crippen LogP contribution in [0.25, 0.3) is 0 Å². The highest BCUT2D eigenvalue weighted by molar-refractivity contribution is 5.16. The molecule has 1 aliphatic rings. The van der Waals surface area contributed by atoms with Crippen LogP contribution in [-0.4, -0.2) is 6.04 Å². The first-order valence-corrected chi connectivity index (χ1v) is 8.48. The molecule has 1 nitrogen and oxygen atoms in total. The molecule has 1 heteroatoms. The fraction of sp³-hybridized carbons (Fsp3) is 0.684. The Morgan fingerprint density at radius 3 is 2.30 bits per heavy atom. The summed E-state index contributed by atoms with van der Waals surface area (Å²) in [6.45, 7) is 4.56. The predicted octanol–water partition coefficient (Wildman–Crippen LogP) is 4.94. The SMILES string of the molecule is CCCC(Cc1ccccc1)C1(C(C)N)CCCCC1. The third-order valence-electron chi connectivity index (χ3n) is 5.47. The first-order valence-electron chi connectivity index (χ1n) is 8.48. The topological polar surface area (TPSA) is 26.0 Å². The van der Waals surface area contributed by atoms with Gasteiger partial charge in [-0.25, -0.2) is 0 Å². The summed E-state index contributed by atoms with van der Waals surface area (Å²) in [6.07, 6.45) is 10.6. The van der Waals surface area contributed by atoms with Gasteiger partial charge >= 0.3 is 0 Å². The summed E-state index contributed by atoms with van der Waals surface area (Å²) in [4.78, 5) is 0. The highest BCUT2D eigenvalue weighted by Gasteiger charge is 2.41. The van der Waals surface area contributed by atoms with E-state index in [1.54, 1.807) is 0 Å². The summed E-state index contributed by atoms with van der Waals surface area (Å²) >= 11 is 0. The van der Waals surface area contributed by atoms with Crippen molar-refractivity contribution in [2.24, 2.45) is 17.1 Å². The average molecular weight is 273 g/mol. The van der Waals surface area contributed by atoms with Gasteiger partial charge in [0.1, 0.15) is 0 Å². The molecule has 2 unspecified atom stereocenters.